The second-order valence-electron chi connectivity index (χ2n) is 6.99. The van der Waals surface area contributed by atoms with Crippen molar-refractivity contribution in [2.75, 3.05) is 0 Å². The van der Waals surface area contributed by atoms with Gasteiger partial charge in [-0.3, -0.25) is 0 Å². The first-order chi connectivity index (χ1) is 13.7. The number of benzene rings is 3. The van der Waals surface area contributed by atoms with Crippen LogP contribution in [0.25, 0.3) is 67.9 Å². The van der Waals surface area contributed by atoms with Gasteiger partial charge in [0.25, 0.3) is 0 Å². The normalized spacial score (nSPS) is 11.4. The molecule has 2 nitrogen and oxygen atoms in total. The molecule has 2 heteroatoms. The number of aromatic amines is 2. The molecular weight excluding hydrogens is 340 g/mol. The van der Waals surface area contributed by atoms with E-state index in [-0.39, 0.29) is 0 Å². The highest BCUT2D eigenvalue weighted by Crippen LogP contribution is 2.37. The van der Waals surface area contributed by atoms with Crippen molar-refractivity contribution in [3.05, 3.63) is 85.0 Å². The maximum atomic E-state index is 3.99. The van der Waals surface area contributed by atoms with Crippen LogP contribution in [0.15, 0.2) is 62.7 Å². The Morgan fingerprint density at radius 2 is 0.964 bits per heavy atom. The lowest BCUT2D eigenvalue weighted by molar-refractivity contribution is 1.52. The number of aromatic nitrogens is 2. The fourth-order valence-electron chi connectivity index (χ4n) is 4.31. The van der Waals surface area contributed by atoms with E-state index in [1.54, 1.807) is 0 Å². The van der Waals surface area contributed by atoms with Crippen LogP contribution in [0.3, 0.4) is 0 Å². The van der Waals surface area contributed by atoms with Crippen molar-refractivity contribution in [3.63, 3.8) is 0 Å². The molecule has 2 heterocycles. The fraction of sp³-hybridized carbons (Fsp3) is 0. The summed E-state index contributed by atoms with van der Waals surface area (Å²) in [7, 11) is 0. The van der Waals surface area contributed by atoms with Crippen LogP contribution >= 0.6 is 0 Å². The van der Waals surface area contributed by atoms with E-state index in [4.69, 9.17) is 0 Å². The van der Waals surface area contributed by atoms with Crippen molar-refractivity contribution in [2.45, 2.75) is 0 Å². The molecule has 2 N–H and O–H groups in total. The second kappa shape index (κ2) is 5.86. The van der Waals surface area contributed by atoms with E-state index in [0.717, 1.165) is 44.3 Å². The first-order valence-corrected chi connectivity index (χ1v) is 9.26. The number of hydrogen-bond donors (Lipinski definition) is 2. The van der Waals surface area contributed by atoms with Gasteiger partial charge >= 0.3 is 0 Å². The molecule has 3 aromatic carbocycles. The number of rotatable bonds is 4. The van der Waals surface area contributed by atoms with Crippen LogP contribution in [-0.4, -0.2) is 9.97 Å². The summed E-state index contributed by atoms with van der Waals surface area (Å²) in [4.78, 5) is 7.20. The van der Waals surface area contributed by atoms with Crippen molar-refractivity contribution in [1.29, 1.82) is 0 Å². The van der Waals surface area contributed by atoms with Gasteiger partial charge in [-0.15, -0.1) is 0 Å². The molecule has 0 spiro atoms. The van der Waals surface area contributed by atoms with Crippen LogP contribution in [0.4, 0.5) is 0 Å². The lowest BCUT2D eigenvalue weighted by Gasteiger charge is -2.02. The maximum absolute atomic E-state index is 3.99. The molecule has 0 radical (unpaired) electrons. The summed E-state index contributed by atoms with van der Waals surface area (Å²) >= 11 is 0. The summed E-state index contributed by atoms with van der Waals surface area (Å²) in [6.45, 7) is 15.8. The van der Waals surface area contributed by atoms with E-state index in [2.05, 4.69) is 72.7 Å². The van der Waals surface area contributed by atoms with Crippen LogP contribution in [0, 0.1) is 0 Å². The molecule has 0 amide bonds. The summed E-state index contributed by atoms with van der Waals surface area (Å²) in [6, 6.07) is 13.0. The van der Waals surface area contributed by atoms with Crippen LogP contribution in [-0.2, 0) is 0 Å². The Hall–Kier alpha value is -3.78. The van der Waals surface area contributed by atoms with Crippen molar-refractivity contribution >= 4 is 67.9 Å². The summed E-state index contributed by atoms with van der Waals surface area (Å²) in [5, 5.41) is 4.76. The molecule has 0 fully saturated rings. The van der Waals surface area contributed by atoms with E-state index in [1.807, 2.05) is 24.3 Å². The number of nitrogens with one attached hydrogen (secondary N) is 2. The molecule has 0 aliphatic carbocycles. The largest absolute Gasteiger partial charge is 0.354 e. The predicted octanol–water partition coefficient (Wildman–Crippen LogP) is 7.53. The monoisotopic (exact) mass is 360 g/mol. The molecule has 5 rings (SSSR count). The minimum atomic E-state index is 1.08. The molecule has 2 aromatic heterocycles. The fourth-order valence-corrected chi connectivity index (χ4v) is 4.31. The Morgan fingerprint density at radius 3 is 1.32 bits per heavy atom. The van der Waals surface area contributed by atoms with Crippen molar-refractivity contribution < 1.29 is 0 Å². The lowest BCUT2D eigenvalue weighted by Crippen LogP contribution is -1.82. The third-order valence-electron chi connectivity index (χ3n) is 5.66. The second-order valence-corrected chi connectivity index (χ2v) is 6.99. The molecule has 0 bridgehead atoms. The quantitative estimate of drug-likeness (QED) is 0.332. The average molecular weight is 360 g/mol. The number of fused-ring (bicyclic) bond motifs is 6. The molecule has 0 atom stereocenters. The lowest BCUT2D eigenvalue weighted by atomic mass is 10.0. The van der Waals surface area contributed by atoms with Gasteiger partial charge in [-0.1, -0.05) is 74.9 Å². The highest BCUT2D eigenvalue weighted by Gasteiger charge is 2.14. The Balaban J connectivity index is 1.93. The van der Waals surface area contributed by atoms with E-state index in [1.165, 1.54) is 21.5 Å². The molecule has 0 aliphatic rings. The van der Waals surface area contributed by atoms with Gasteiger partial charge in [-0.25, -0.2) is 0 Å². The van der Waals surface area contributed by atoms with Crippen molar-refractivity contribution in [1.82, 2.24) is 9.97 Å². The molecule has 0 unspecified atom stereocenters. The molecule has 0 saturated heterocycles. The minimum Gasteiger partial charge on any atom is -0.354 e. The van der Waals surface area contributed by atoms with Crippen LogP contribution in [0.5, 0.6) is 0 Å². The van der Waals surface area contributed by atoms with Crippen LogP contribution < -0.4 is 0 Å². The molecular formula is C26H20N2. The summed E-state index contributed by atoms with van der Waals surface area (Å²) in [5.41, 5.74) is 8.75. The van der Waals surface area contributed by atoms with E-state index in [9.17, 15) is 0 Å². The molecule has 0 aliphatic heterocycles. The zero-order chi connectivity index (χ0) is 19.4. The first-order valence-electron chi connectivity index (χ1n) is 9.26. The number of hydrogen-bond acceptors (Lipinski definition) is 0. The molecule has 28 heavy (non-hydrogen) atoms. The average Bonchev–Trinajstić information content (AvgIpc) is 3.27. The topological polar surface area (TPSA) is 31.6 Å². The SMILES string of the molecule is C=Cc1ccc2c([nH]c3cc4c(cc32)[nH]c2c(C=C)c(C=C)ccc24)c1C=C. The van der Waals surface area contributed by atoms with E-state index in [0.29, 0.717) is 0 Å². The molecule has 134 valence electrons. The summed E-state index contributed by atoms with van der Waals surface area (Å²) in [5.74, 6) is 0. The zero-order valence-corrected chi connectivity index (χ0v) is 15.6. The zero-order valence-electron chi connectivity index (χ0n) is 15.6. The van der Waals surface area contributed by atoms with Crippen LogP contribution in [0.1, 0.15) is 22.3 Å². The molecule has 5 aromatic rings. The van der Waals surface area contributed by atoms with Crippen molar-refractivity contribution in [2.24, 2.45) is 0 Å². The maximum Gasteiger partial charge on any atom is 0.0544 e. The number of H-pyrrole nitrogens is 2. The highest BCUT2D eigenvalue weighted by molar-refractivity contribution is 6.19. The van der Waals surface area contributed by atoms with Gasteiger partial charge in [0.1, 0.15) is 0 Å². The van der Waals surface area contributed by atoms with Gasteiger partial charge in [0.15, 0.2) is 0 Å². The Kier molecular flexibility index (Phi) is 3.43. The van der Waals surface area contributed by atoms with E-state index < -0.39 is 0 Å². The standard InChI is InChI=1S/C26H20N2/c1-5-15-9-11-19-21-13-24-22(14-23(21)27-25(19)17(15)7-3)20-12-10-16(6-2)18(8-4)26(20)28-24/h5-14,27-28H,1-4H2. The van der Waals surface area contributed by atoms with Gasteiger partial charge in [0.05, 0.1) is 11.0 Å². The Morgan fingerprint density at radius 1 is 0.536 bits per heavy atom. The molecule has 0 saturated carbocycles. The van der Waals surface area contributed by atoms with Crippen molar-refractivity contribution in [3.8, 4) is 0 Å². The van der Waals surface area contributed by atoms with E-state index >= 15 is 0 Å². The summed E-state index contributed by atoms with van der Waals surface area (Å²) in [6.07, 6.45) is 7.52. The van der Waals surface area contributed by atoms with Gasteiger partial charge < -0.3 is 9.97 Å². The van der Waals surface area contributed by atoms with Crippen LogP contribution in [0.2, 0.25) is 0 Å². The third kappa shape index (κ3) is 2.03. The Bertz CT molecular complexity index is 1360. The van der Waals surface area contributed by atoms with Gasteiger partial charge in [-0.05, 0) is 23.3 Å². The minimum absolute atomic E-state index is 1.08. The predicted molar refractivity (Wildman–Crippen MR) is 126 cm³/mol. The van der Waals surface area contributed by atoms with Gasteiger partial charge in [0, 0.05) is 43.7 Å². The smallest absolute Gasteiger partial charge is 0.0544 e. The first kappa shape index (κ1) is 16.4. The Labute approximate surface area is 163 Å². The third-order valence-corrected chi connectivity index (χ3v) is 5.66. The van der Waals surface area contributed by atoms with Gasteiger partial charge in [-0.2, -0.15) is 0 Å². The highest BCUT2D eigenvalue weighted by atomic mass is 14.7. The summed E-state index contributed by atoms with van der Waals surface area (Å²) < 4.78 is 0. The van der Waals surface area contributed by atoms with Gasteiger partial charge in [0.2, 0.25) is 0 Å².